The quantitative estimate of drug-likeness (QED) is 0.942. The summed E-state index contributed by atoms with van der Waals surface area (Å²) in [5.74, 6) is 0.531. The van der Waals surface area contributed by atoms with Crippen molar-refractivity contribution in [2.45, 2.75) is 32.7 Å². The molecule has 1 aliphatic rings. The maximum Gasteiger partial charge on any atom is 0.0537 e. The van der Waals surface area contributed by atoms with Crippen LogP contribution in [0.1, 0.15) is 35.0 Å². The molecule has 5 nitrogen and oxygen atoms in total. The highest BCUT2D eigenvalue weighted by molar-refractivity contribution is 5.45. The first-order valence-corrected chi connectivity index (χ1v) is 7.93. The van der Waals surface area contributed by atoms with Crippen molar-refractivity contribution < 1.29 is 0 Å². The molecule has 0 amide bonds. The first kappa shape index (κ1) is 15.0. The number of nitrogens with one attached hydrogen (secondary N) is 1. The molecular weight excluding hydrogens is 274 g/mol. The Kier molecular flexibility index (Phi) is 4.16. The second-order valence-corrected chi connectivity index (χ2v) is 6.27. The minimum atomic E-state index is 0.531. The van der Waals surface area contributed by atoms with Gasteiger partial charge < -0.3 is 5.32 Å². The number of anilines is 1. The normalized spacial score (nSPS) is 18.8. The van der Waals surface area contributed by atoms with Crippen LogP contribution < -0.4 is 5.32 Å². The van der Waals surface area contributed by atoms with Crippen molar-refractivity contribution in [1.29, 1.82) is 0 Å². The summed E-state index contributed by atoms with van der Waals surface area (Å²) in [5.41, 5.74) is 6.05. The monoisotopic (exact) mass is 299 g/mol. The van der Waals surface area contributed by atoms with E-state index in [1.807, 2.05) is 25.0 Å². The Labute approximate surface area is 132 Å². The molecule has 2 aromatic heterocycles. The van der Waals surface area contributed by atoms with E-state index in [2.05, 4.69) is 41.3 Å². The summed E-state index contributed by atoms with van der Waals surface area (Å²) in [6.45, 7) is 7.39. The molecule has 1 atom stereocenters. The molecule has 0 bridgehead atoms. The van der Waals surface area contributed by atoms with E-state index in [0.717, 1.165) is 31.0 Å². The van der Waals surface area contributed by atoms with Crippen molar-refractivity contribution in [2.75, 3.05) is 25.5 Å². The number of pyridine rings is 1. The Balaban J connectivity index is 1.69. The maximum atomic E-state index is 4.74. The molecule has 3 heterocycles. The van der Waals surface area contributed by atoms with Crippen molar-refractivity contribution in [1.82, 2.24) is 19.7 Å². The van der Waals surface area contributed by atoms with Gasteiger partial charge in [0.25, 0.3) is 0 Å². The van der Waals surface area contributed by atoms with E-state index in [-0.39, 0.29) is 0 Å². The number of aryl methyl sites for hydroxylation is 2. The summed E-state index contributed by atoms with van der Waals surface area (Å²) in [6, 6.07) is 4.28. The summed E-state index contributed by atoms with van der Waals surface area (Å²) >= 11 is 0. The molecular formula is C17H25N5. The van der Waals surface area contributed by atoms with E-state index in [4.69, 9.17) is 4.98 Å². The van der Waals surface area contributed by atoms with Crippen LogP contribution in [0.4, 0.5) is 5.69 Å². The van der Waals surface area contributed by atoms with E-state index in [1.165, 1.54) is 23.4 Å². The number of aromatic nitrogens is 3. The third-order valence-corrected chi connectivity index (χ3v) is 4.68. The fourth-order valence-corrected chi connectivity index (χ4v) is 3.21. The van der Waals surface area contributed by atoms with Crippen LogP contribution in [0.2, 0.25) is 0 Å². The van der Waals surface area contributed by atoms with Crippen molar-refractivity contribution in [3.63, 3.8) is 0 Å². The van der Waals surface area contributed by atoms with Crippen LogP contribution in [0.15, 0.2) is 18.3 Å². The van der Waals surface area contributed by atoms with Gasteiger partial charge in [-0.1, -0.05) is 0 Å². The average Bonchev–Trinajstić information content (AvgIpc) is 3.09. The Morgan fingerprint density at radius 2 is 2.14 bits per heavy atom. The van der Waals surface area contributed by atoms with Gasteiger partial charge in [-0.25, -0.2) is 0 Å². The lowest BCUT2D eigenvalue weighted by atomic mass is 10.0. The number of rotatable bonds is 4. The molecule has 1 saturated heterocycles. The van der Waals surface area contributed by atoms with Crippen LogP contribution in [0.3, 0.4) is 0 Å². The molecule has 0 aromatic carbocycles. The minimum Gasteiger partial charge on any atom is -0.388 e. The number of hydrogen-bond acceptors (Lipinski definition) is 4. The van der Waals surface area contributed by atoms with Crippen LogP contribution in [0.25, 0.3) is 0 Å². The second-order valence-electron chi connectivity index (χ2n) is 6.27. The largest absolute Gasteiger partial charge is 0.388 e. The molecule has 0 aliphatic carbocycles. The van der Waals surface area contributed by atoms with Gasteiger partial charge in [0.05, 0.1) is 6.20 Å². The minimum absolute atomic E-state index is 0.531. The molecule has 5 heteroatoms. The Morgan fingerprint density at radius 1 is 1.32 bits per heavy atom. The van der Waals surface area contributed by atoms with Gasteiger partial charge in [-0.05, 0) is 38.9 Å². The molecule has 0 saturated carbocycles. The van der Waals surface area contributed by atoms with Gasteiger partial charge in [-0.15, -0.1) is 0 Å². The molecule has 1 N–H and O–H groups in total. The highest BCUT2D eigenvalue weighted by Crippen LogP contribution is 2.29. The molecule has 0 unspecified atom stereocenters. The summed E-state index contributed by atoms with van der Waals surface area (Å²) in [4.78, 5) is 7.26. The van der Waals surface area contributed by atoms with Crippen molar-refractivity contribution in [3.8, 4) is 0 Å². The Hall–Kier alpha value is -1.88. The zero-order valence-corrected chi connectivity index (χ0v) is 13.9. The molecule has 0 radical (unpaired) electrons. The summed E-state index contributed by atoms with van der Waals surface area (Å²) in [7, 11) is 3.96. The lowest BCUT2D eigenvalue weighted by Crippen LogP contribution is -2.20. The molecule has 22 heavy (non-hydrogen) atoms. The first-order valence-electron chi connectivity index (χ1n) is 7.93. The second kappa shape index (κ2) is 6.08. The van der Waals surface area contributed by atoms with E-state index >= 15 is 0 Å². The summed E-state index contributed by atoms with van der Waals surface area (Å²) in [6.07, 6.45) is 3.17. The topological polar surface area (TPSA) is 46.0 Å². The van der Waals surface area contributed by atoms with Crippen molar-refractivity contribution in [3.05, 3.63) is 41.0 Å². The molecule has 118 valence electrons. The van der Waals surface area contributed by atoms with Gasteiger partial charge >= 0.3 is 0 Å². The predicted octanol–water partition coefficient (Wildman–Crippen LogP) is 2.46. The fourth-order valence-electron chi connectivity index (χ4n) is 3.21. The van der Waals surface area contributed by atoms with E-state index in [0.29, 0.717) is 5.92 Å². The molecule has 3 rings (SSSR count). The van der Waals surface area contributed by atoms with Gasteiger partial charge in [0, 0.05) is 61.4 Å². The van der Waals surface area contributed by atoms with E-state index < -0.39 is 0 Å². The summed E-state index contributed by atoms with van der Waals surface area (Å²) < 4.78 is 1.95. The van der Waals surface area contributed by atoms with Crippen LogP contribution in [-0.4, -0.2) is 39.8 Å². The smallest absolute Gasteiger partial charge is 0.0537 e. The van der Waals surface area contributed by atoms with Crippen LogP contribution in [0.5, 0.6) is 0 Å². The lowest BCUT2D eigenvalue weighted by molar-refractivity contribution is 0.325. The highest BCUT2D eigenvalue weighted by atomic mass is 15.3. The lowest BCUT2D eigenvalue weighted by Gasteiger charge is -2.16. The van der Waals surface area contributed by atoms with Gasteiger partial charge in [0.1, 0.15) is 0 Å². The number of hydrogen-bond donors (Lipinski definition) is 1. The van der Waals surface area contributed by atoms with Crippen LogP contribution >= 0.6 is 0 Å². The number of likely N-dealkylation sites (tertiary alicyclic amines) is 1. The highest BCUT2D eigenvalue weighted by Gasteiger charge is 2.26. The molecule has 1 fully saturated rings. The predicted molar refractivity (Wildman–Crippen MR) is 89.1 cm³/mol. The van der Waals surface area contributed by atoms with Crippen LogP contribution in [-0.2, 0) is 13.6 Å². The Bertz CT molecular complexity index is 661. The van der Waals surface area contributed by atoms with E-state index in [9.17, 15) is 0 Å². The first-order chi connectivity index (χ1) is 10.6. The third kappa shape index (κ3) is 2.99. The van der Waals surface area contributed by atoms with Gasteiger partial charge in [-0.3, -0.25) is 14.6 Å². The average molecular weight is 299 g/mol. The standard InChI is InChI=1S/C17H25N5/c1-12-7-16(18-3)8-17(20-12)14-5-6-22(10-14)11-15-9-19-21(4)13(15)2/h7-9,14H,5-6,10-11H2,1-4H3,(H,18,20)/t14-/m1/s1. The van der Waals surface area contributed by atoms with Crippen molar-refractivity contribution >= 4 is 5.69 Å². The van der Waals surface area contributed by atoms with Gasteiger partial charge in [0.15, 0.2) is 0 Å². The Morgan fingerprint density at radius 3 is 2.82 bits per heavy atom. The maximum absolute atomic E-state index is 4.74. The van der Waals surface area contributed by atoms with Crippen LogP contribution in [0, 0.1) is 13.8 Å². The number of nitrogens with zero attached hydrogens (tertiary/aromatic N) is 4. The molecule has 1 aliphatic heterocycles. The van der Waals surface area contributed by atoms with Crippen molar-refractivity contribution in [2.24, 2.45) is 7.05 Å². The zero-order valence-electron chi connectivity index (χ0n) is 13.9. The SMILES string of the molecule is CNc1cc(C)nc([C@@H]2CCN(Cc3cnn(C)c3C)C2)c1. The molecule has 2 aromatic rings. The van der Waals surface area contributed by atoms with Gasteiger partial charge in [-0.2, -0.15) is 5.10 Å². The van der Waals surface area contributed by atoms with E-state index in [1.54, 1.807) is 0 Å². The summed E-state index contributed by atoms with van der Waals surface area (Å²) in [5, 5.41) is 7.57. The zero-order chi connectivity index (χ0) is 15.7. The molecule has 0 spiro atoms. The third-order valence-electron chi connectivity index (χ3n) is 4.68. The fraction of sp³-hybridized carbons (Fsp3) is 0.529. The van der Waals surface area contributed by atoms with Gasteiger partial charge in [0.2, 0.25) is 0 Å².